The predicted octanol–water partition coefficient (Wildman–Crippen LogP) is 6.25. The summed E-state index contributed by atoms with van der Waals surface area (Å²) < 4.78 is 5.41. The topological polar surface area (TPSA) is 24.8 Å². The highest BCUT2D eigenvalue weighted by Gasteiger charge is 2.37. The molecule has 2 aromatic carbocycles. The van der Waals surface area contributed by atoms with Crippen molar-refractivity contribution in [1.29, 1.82) is 0 Å². The van der Waals surface area contributed by atoms with Gasteiger partial charge in [-0.05, 0) is 87.9 Å². The van der Waals surface area contributed by atoms with Crippen molar-refractivity contribution in [2.45, 2.75) is 65.5 Å². The van der Waals surface area contributed by atoms with Gasteiger partial charge in [-0.15, -0.1) is 0 Å². The van der Waals surface area contributed by atoms with E-state index in [4.69, 9.17) is 9.73 Å². The summed E-state index contributed by atoms with van der Waals surface area (Å²) in [6, 6.07) is 13.0. The van der Waals surface area contributed by atoms with Crippen molar-refractivity contribution in [3.05, 3.63) is 53.1 Å². The van der Waals surface area contributed by atoms with Crippen LogP contribution in [0.25, 0.3) is 0 Å². The largest absolute Gasteiger partial charge is 0.494 e. The van der Waals surface area contributed by atoms with Crippen LogP contribution in [-0.4, -0.2) is 24.9 Å². The van der Waals surface area contributed by atoms with Gasteiger partial charge in [-0.25, -0.2) is 0 Å². The molecule has 0 amide bonds. The monoisotopic (exact) mass is 364 g/mol. The molecule has 0 aliphatic carbocycles. The quantitative estimate of drug-likeness (QED) is 0.599. The number of methoxy groups -OCH3 is 1. The highest BCUT2D eigenvalue weighted by Crippen LogP contribution is 2.45. The minimum absolute atomic E-state index is 0.167. The molecule has 1 atom stereocenters. The molecule has 0 saturated heterocycles. The molecule has 0 bridgehead atoms. The smallest absolute Gasteiger partial charge is 0.144 e. The Kier molecular flexibility index (Phi) is 5.32. The van der Waals surface area contributed by atoms with E-state index < -0.39 is 0 Å². The average molecular weight is 365 g/mol. The van der Waals surface area contributed by atoms with Crippen LogP contribution in [0.5, 0.6) is 5.75 Å². The lowest BCUT2D eigenvalue weighted by atomic mass is 9.78. The van der Waals surface area contributed by atoms with Crippen LogP contribution in [0.2, 0.25) is 0 Å². The highest BCUT2D eigenvalue weighted by atomic mass is 16.5. The third-order valence-electron chi connectivity index (χ3n) is 5.61. The number of aliphatic imine (C=N–C) groups is 1. The molecule has 1 heterocycles. The Hall–Kier alpha value is -2.29. The van der Waals surface area contributed by atoms with E-state index in [1.54, 1.807) is 7.11 Å². The van der Waals surface area contributed by atoms with Gasteiger partial charge in [-0.3, -0.25) is 4.99 Å². The number of para-hydroxylation sites is 2. The van der Waals surface area contributed by atoms with Crippen LogP contribution in [0, 0.1) is 6.92 Å². The lowest BCUT2D eigenvalue weighted by Crippen LogP contribution is -2.51. The first-order chi connectivity index (χ1) is 12.7. The van der Waals surface area contributed by atoms with E-state index in [0.717, 1.165) is 17.9 Å². The van der Waals surface area contributed by atoms with Gasteiger partial charge in [-0.1, -0.05) is 19.1 Å². The van der Waals surface area contributed by atoms with Gasteiger partial charge in [0.05, 0.1) is 7.11 Å². The van der Waals surface area contributed by atoms with Gasteiger partial charge in [0.15, 0.2) is 0 Å². The van der Waals surface area contributed by atoms with Crippen molar-refractivity contribution >= 4 is 17.6 Å². The second kappa shape index (κ2) is 7.38. The Morgan fingerprint density at radius 2 is 1.93 bits per heavy atom. The lowest BCUT2D eigenvalue weighted by molar-refractivity contribution is 0.356. The van der Waals surface area contributed by atoms with Crippen LogP contribution >= 0.6 is 0 Å². The number of nitrogens with zero attached hydrogens (tertiary/aromatic N) is 2. The van der Waals surface area contributed by atoms with Crippen LogP contribution in [0.1, 0.15) is 63.6 Å². The van der Waals surface area contributed by atoms with Crippen molar-refractivity contribution in [2.75, 3.05) is 12.0 Å². The average Bonchev–Trinajstić information content (AvgIpc) is 2.59. The van der Waals surface area contributed by atoms with Gasteiger partial charge in [0.25, 0.3) is 0 Å². The minimum atomic E-state index is 0.167. The number of hydrogen-bond acceptors (Lipinski definition) is 3. The second-order valence-corrected chi connectivity index (χ2v) is 8.58. The zero-order chi connectivity index (χ0) is 19.8. The first kappa shape index (κ1) is 19.5. The van der Waals surface area contributed by atoms with Gasteiger partial charge in [0.1, 0.15) is 11.4 Å². The van der Waals surface area contributed by atoms with Crippen LogP contribution in [0.4, 0.5) is 11.4 Å². The van der Waals surface area contributed by atoms with E-state index in [0.29, 0.717) is 12.0 Å². The number of anilines is 1. The van der Waals surface area contributed by atoms with E-state index in [2.05, 4.69) is 58.6 Å². The molecule has 0 spiro atoms. The fraction of sp³-hybridized carbons (Fsp3) is 0.458. The molecule has 0 saturated carbocycles. The Balaban J connectivity index is 2.04. The molecule has 27 heavy (non-hydrogen) atoms. The van der Waals surface area contributed by atoms with Crippen molar-refractivity contribution in [3.8, 4) is 5.75 Å². The van der Waals surface area contributed by atoms with Gasteiger partial charge in [0, 0.05) is 23.5 Å². The molecule has 1 aliphatic rings. The van der Waals surface area contributed by atoms with E-state index >= 15 is 0 Å². The molecular weight excluding hydrogens is 332 g/mol. The first-order valence-corrected chi connectivity index (χ1v) is 9.85. The number of ether oxygens (including phenoxy) is 1. The zero-order valence-corrected chi connectivity index (χ0v) is 17.7. The van der Waals surface area contributed by atoms with Crippen molar-refractivity contribution < 1.29 is 4.74 Å². The lowest BCUT2D eigenvalue weighted by Gasteiger charge is -2.50. The fourth-order valence-electron chi connectivity index (χ4n) is 4.61. The van der Waals surface area contributed by atoms with Gasteiger partial charge >= 0.3 is 0 Å². The molecule has 3 rings (SSSR count). The number of fused-ring (bicyclic) bond motifs is 1. The highest BCUT2D eigenvalue weighted by molar-refractivity contribution is 5.86. The van der Waals surface area contributed by atoms with Crippen molar-refractivity contribution in [1.82, 2.24) is 0 Å². The summed E-state index contributed by atoms with van der Waals surface area (Å²) in [5, 5.41) is 0. The van der Waals surface area contributed by atoms with E-state index in [1.807, 2.05) is 30.5 Å². The maximum absolute atomic E-state index is 5.41. The van der Waals surface area contributed by atoms with E-state index in [-0.39, 0.29) is 5.54 Å². The van der Waals surface area contributed by atoms with Gasteiger partial charge in [0.2, 0.25) is 0 Å². The summed E-state index contributed by atoms with van der Waals surface area (Å²) in [4.78, 5) is 7.28. The molecule has 2 aromatic rings. The van der Waals surface area contributed by atoms with Gasteiger partial charge in [-0.2, -0.15) is 0 Å². The molecule has 0 radical (unpaired) electrons. The SMILES string of the molecule is COc1ccccc1N=Cc1cc2c(cc1C)N(C(C)C)C(C)(C)C[C@H]2C. The van der Waals surface area contributed by atoms with E-state index in [1.165, 1.54) is 22.4 Å². The van der Waals surface area contributed by atoms with Crippen LogP contribution < -0.4 is 9.64 Å². The fourth-order valence-corrected chi connectivity index (χ4v) is 4.61. The van der Waals surface area contributed by atoms with Crippen LogP contribution in [0.15, 0.2) is 41.4 Å². The summed E-state index contributed by atoms with van der Waals surface area (Å²) in [5.41, 5.74) is 6.25. The summed E-state index contributed by atoms with van der Waals surface area (Å²) in [7, 11) is 1.68. The first-order valence-electron chi connectivity index (χ1n) is 9.85. The predicted molar refractivity (Wildman–Crippen MR) is 116 cm³/mol. The molecule has 3 nitrogen and oxygen atoms in total. The maximum atomic E-state index is 5.41. The molecule has 1 aliphatic heterocycles. The van der Waals surface area contributed by atoms with Crippen LogP contribution in [0.3, 0.4) is 0 Å². The molecule has 0 unspecified atom stereocenters. The number of rotatable bonds is 4. The van der Waals surface area contributed by atoms with Crippen molar-refractivity contribution in [2.24, 2.45) is 4.99 Å². The van der Waals surface area contributed by atoms with Crippen LogP contribution in [-0.2, 0) is 0 Å². The summed E-state index contributed by atoms with van der Waals surface area (Å²) >= 11 is 0. The normalized spacial score (nSPS) is 18.8. The Labute approximate surface area is 164 Å². The Morgan fingerprint density at radius 3 is 2.59 bits per heavy atom. The summed E-state index contributed by atoms with van der Waals surface area (Å²) in [6.07, 6.45) is 3.13. The molecule has 0 fully saturated rings. The molecule has 0 aromatic heterocycles. The number of hydrogen-bond donors (Lipinski definition) is 0. The Bertz CT molecular complexity index is 851. The minimum Gasteiger partial charge on any atom is -0.494 e. The maximum Gasteiger partial charge on any atom is 0.144 e. The molecule has 0 N–H and O–H groups in total. The third-order valence-corrected chi connectivity index (χ3v) is 5.61. The molecular formula is C24H32N2O. The zero-order valence-electron chi connectivity index (χ0n) is 17.7. The van der Waals surface area contributed by atoms with Crippen molar-refractivity contribution in [3.63, 3.8) is 0 Å². The third kappa shape index (κ3) is 3.73. The summed E-state index contributed by atoms with van der Waals surface area (Å²) in [6.45, 7) is 13.8. The van der Waals surface area contributed by atoms with Gasteiger partial charge < -0.3 is 9.64 Å². The second-order valence-electron chi connectivity index (χ2n) is 8.58. The Morgan fingerprint density at radius 1 is 1.22 bits per heavy atom. The molecule has 144 valence electrons. The van der Waals surface area contributed by atoms with E-state index in [9.17, 15) is 0 Å². The summed E-state index contributed by atoms with van der Waals surface area (Å²) in [5.74, 6) is 1.33. The number of benzene rings is 2. The molecule has 3 heteroatoms. The standard InChI is InChI=1S/C24H32N2O/c1-16(2)26-22-12-17(3)19(13-20(22)18(4)14-24(26,5)6)15-25-21-10-8-9-11-23(21)27-7/h8-13,15-16,18H,14H2,1-7H3/t18-/m1/s1. The number of aryl methyl sites for hydroxylation is 1.